The first-order valence-electron chi connectivity index (χ1n) is 6.40. The number of rotatable bonds is 3. The molecule has 0 radical (unpaired) electrons. The van der Waals surface area contributed by atoms with Crippen molar-refractivity contribution in [2.24, 2.45) is 0 Å². The van der Waals surface area contributed by atoms with Crippen molar-refractivity contribution in [3.05, 3.63) is 23.0 Å². The monoisotopic (exact) mass is 311 g/mol. The molecule has 0 aromatic carbocycles. The van der Waals surface area contributed by atoms with E-state index in [9.17, 15) is 4.79 Å². The number of amides is 1. The summed E-state index contributed by atoms with van der Waals surface area (Å²) in [5.74, 6) is -0.0267. The number of nitrogens with one attached hydrogen (secondary N) is 1. The van der Waals surface area contributed by atoms with Crippen LogP contribution in [0.1, 0.15) is 47.9 Å². The number of carbonyl (C=O) groups is 1. The Balaban J connectivity index is 2.15. The van der Waals surface area contributed by atoms with Gasteiger partial charge in [-0.25, -0.2) is 0 Å². The minimum absolute atomic E-state index is 0.0267. The molecule has 1 aromatic rings. The Morgan fingerprint density at radius 3 is 2.89 bits per heavy atom. The normalized spacial score (nSPS) is 23.1. The molecule has 2 atom stereocenters. The average Bonchev–Trinajstić information content (AvgIpc) is 2.75. The molecular formula is C13H18BrN3O. The lowest BCUT2D eigenvalue weighted by Crippen LogP contribution is -2.38. The van der Waals surface area contributed by atoms with Crippen molar-refractivity contribution < 1.29 is 4.79 Å². The first-order chi connectivity index (χ1) is 8.61. The average molecular weight is 312 g/mol. The van der Waals surface area contributed by atoms with Gasteiger partial charge in [-0.05, 0) is 32.3 Å². The van der Waals surface area contributed by atoms with Crippen LogP contribution in [-0.2, 0) is 6.42 Å². The Hall–Kier alpha value is -0.970. The molecule has 0 spiro atoms. The molecule has 1 aromatic heterocycles. The second-order valence-corrected chi connectivity index (χ2v) is 5.90. The van der Waals surface area contributed by atoms with Gasteiger partial charge in [0, 0.05) is 10.9 Å². The van der Waals surface area contributed by atoms with Crippen LogP contribution in [0.3, 0.4) is 0 Å². The number of hydrogen-bond acceptors (Lipinski definition) is 3. The summed E-state index contributed by atoms with van der Waals surface area (Å²) in [6.07, 6.45) is 4.05. The zero-order valence-electron chi connectivity index (χ0n) is 10.7. The number of carbonyl (C=O) groups excluding carboxylic acids is 1. The molecule has 1 N–H and O–H groups in total. The number of alkyl halides is 1. The summed E-state index contributed by atoms with van der Waals surface area (Å²) in [5, 5.41) is 11.2. The van der Waals surface area contributed by atoms with Crippen molar-refractivity contribution in [2.75, 3.05) is 0 Å². The minimum atomic E-state index is -0.0267. The molecule has 1 aliphatic rings. The second-order valence-electron chi connectivity index (χ2n) is 4.73. The molecular weight excluding hydrogens is 294 g/mol. The van der Waals surface area contributed by atoms with Gasteiger partial charge in [0.25, 0.3) is 5.91 Å². The highest BCUT2D eigenvalue weighted by Gasteiger charge is 2.27. The zero-order chi connectivity index (χ0) is 13.1. The third-order valence-electron chi connectivity index (χ3n) is 3.32. The van der Waals surface area contributed by atoms with Crippen LogP contribution >= 0.6 is 15.9 Å². The first-order valence-corrected chi connectivity index (χ1v) is 7.31. The van der Waals surface area contributed by atoms with Crippen LogP contribution in [0, 0.1) is 6.92 Å². The molecule has 18 heavy (non-hydrogen) atoms. The molecule has 5 heteroatoms. The smallest absolute Gasteiger partial charge is 0.253 e. The molecule has 1 aliphatic carbocycles. The Kier molecular flexibility index (Phi) is 4.32. The van der Waals surface area contributed by atoms with Gasteiger partial charge in [-0.1, -0.05) is 29.3 Å². The first kappa shape index (κ1) is 13.5. The Bertz CT molecular complexity index is 450. The van der Waals surface area contributed by atoms with Crippen LogP contribution in [-0.4, -0.2) is 27.0 Å². The van der Waals surface area contributed by atoms with Crippen molar-refractivity contribution in [3.8, 4) is 0 Å². The summed E-state index contributed by atoms with van der Waals surface area (Å²) in [4.78, 5) is 12.7. The standard InChI is InChI=1S/C13H18BrN3O/c1-3-11-9(7-8(2)16-17-11)13(18)15-12-6-4-5-10(12)14/h7,10,12H,3-6H2,1-2H3,(H,15,18). The highest BCUT2D eigenvalue weighted by atomic mass is 79.9. The van der Waals surface area contributed by atoms with Crippen LogP contribution in [0.2, 0.25) is 0 Å². The lowest BCUT2D eigenvalue weighted by Gasteiger charge is -2.17. The van der Waals surface area contributed by atoms with Gasteiger partial charge in [0.1, 0.15) is 0 Å². The summed E-state index contributed by atoms with van der Waals surface area (Å²) < 4.78 is 0. The number of hydrogen-bond donors (Lipinski definition) is 1. The number of aryl methyl sites for hydroxylation is 2. The van der Waals surface area contributed by atoms with Gasteiger partial charge in [-0.15, -0.1) is 0 Å². The van der Waals surface area contributed by atoms with Crippen molar-refractivity contribution in [1.29, 1.82) is 0 Å². The fourth-order valence-corrected chi connectivity index (χ4v) is 3.02. The van der Waals surface area contributed by atoms with Crippen LogP contribution in [0.25, 0.3) is 0 Å². The van der Waals surface area contributed by atoms with E-state index in [4.69, 9.17) is 0 Å². The molecule has 1 fully saturated rings. The van der Waals surface area contributed by atoms with Crippen LogP contribution < -0.4 is 5.32 Å². The molecule has 1 amide bonds. The molecule has 1 saturated carbocycles. The molecule has 2 rings (SSSR count). The highest BCUT2D eigenvalue weighted by Crippen LogP contribution is 2.26. The molecule has 0 bridgehead atoms. The maximum absolute atomic E-state index is 12.3. The summed E-state index contributed by atoms with van der Waals surface area (Å²) in [7, 11) is 0. The Labute approximate surface area is 116 Å². The summed E-state index contributed by atoms with van der Waals surface area (Å²) in [5.41, 5.74) is 2.21. The quantitative estimate of drug-likeness (QED) is 0.872. The predicted octanol–water partition coefficient (Wildman–Crippen LogP) is 2.39. The number of nitrogens with zero attached hydrogens (tertiary/aromatic N) is 2. The van der Waals surface area contributed by atoms with E-state index >= 15 is 0 Å². The topological polar surface area (TPSA) is 54.9 Å². The Morgan fingerprint density at radius 1 is 1.50 bits per heavy atom. The fraction of sp³-hybridized carbons (Fsp3) is 0.615. The second kappa shape index (κ2) is 5.78. The van der Waals surface area contributed by atoms with E-state index in [1.807, 2.05) is 19.9 Å². The van der Waals surface area contributed by atoms with Crippen LogP contribution in [0.4, 0.5) is 0 Å². The zero-order valence-corrected chi connectivity index (χ0v) is 12.3. The SMILES string of the molecule is CCc1nnc(C)cc1C(=O)NC1CCCC1Br. The van der Waals surface area contributed by atoms with E-state index in [1.165, 1.54) is 0 Å². The van der Waals surface area contributed by atoms with E-state index in [2.05, 4.69) is 31.4 Å². The highest BCUT2D eigenvalue weighted by molar-refractivity contribution is 9.09. The molecule has 2 unspecified atom stereocenters. The number of halogens is 1. The minimum Gasteiger partial charge on any atom is -0.348 e. The molecule has 98 valence electrons. The van der Waals surface area contributed by atoms with Gasteiger partial charge in [0.05, 0.1) is 17.0 Å². The molecule has 0 aliphatic heterocycles. The van der Waals surface area contributed by atoms with E-state index in [1.54, 1.807) is 0 Å². The van der Waals surface area contributed by atoms with Gasteiger partial charge < -0.3 is 5.32 Å². The van der Waals surface area contributed by atoms with Gasteiger partial charge in [-0.2, -0.15) is 10.2 Å². The number of aromatic nitrogens is 2. The van der Waals surface area contributed by atoms with E-state index in [-0.39, 0.29) is 11.9 Å². The molecule has 4 nitrogen and oxygen atoms in total. The molecule has 0 saturated heterocycles. The van der Waals surface area contributed by atoms with Gasteiger partial charge in [-0.3, -0.25) is 4.79 Å². The maximum atomic E-state index is 12.3. The predicted molar refractivity (Wildman–Crippen MR) is 74.0 cm³/mol. The Morgan fingerprint density at radius 2 is 2.28 bits per heavy atom. The van der Waals surface area contributed by atoms with Crippen LogP contribution in [0.15, 0.2) is 6.07 Å². The third kappa shape index (κ3) is 2.88. The summed E-state index contributed by atoms with van der Waals surface area (Å²) in [6.45, 7) is 3.84. The maximum Gasteiger partial charge on any atom is 0.253 e. The van der Waals surface area contributed by atoms with Crippen LogP contribution in [0.5, 0.6) is 0 Å². The van der Waals surface area contributed by atoms with E-state index < -0.39 is 0 Å². The van der Waals surface area contributed by atoms with E-state index in [0.29, 0.717) is 10.4 Å². The van der Waals surface area contributed by atoms with Crippen molar-refractivity contribution in [1.82, 2.24) is 15.5 Å². The molecule has 1 heterocycles. The van der Waals surface area contributed by atoms with Crippen molar-refractivity contribution in [2.45, 2.75) is 50.4 Å². The fourth-order valence-electron chi connectivity index (χ4n) is 2.30. The van der Waals surface area contributed by atoms with Gasteiger partial charge in [0.2, 0.25) is 0 Å². The largest absolute Gasteiger partial charge is 0.348 e. The van der Waals surface area contributed by atoms with Crippen molar-refractivity contribution >= 4 is 21.8 Å². The van der Waals surface area contributed by atoms with Crippen molar-refractivity contribution in [3.63, 3.8) is 0 Å². The summed E-state index contributed by atoms with van der Waals surface area (Å²) >= 11 is 3.61. The van der Waals surface area contributed by atoms with E-state index in [0.717, 1.165) is 37.1 Å². The lowest BCUT2D eigenvalue weighted by atomic mass is 10.1. The summed E-state index contributed by atoms with van der Waals surface area (Å²) in [6, 6.07) is 2.05. The van der Waals surface area contributed by atoms with Gasteiger partial charge in [0.15, 0.2) is 0 Å². The van der Waals surface area contributed by atoms with Gasteiger partial charge >= 0.3 is 0 Å². The lowest BCUT2D eigenvalue weighted by molar-refractivity contribution is 0.0937. The third-order valence-corrected chi connectivity index (χ3v) is 4.42.